The third-order valence-corrected chi connectivity index (χ3v) is 5.17. The number of nitrogens with two attached hydrogens (primary N) is 1. The summed E-state index contributed by atoms with van der Waals surface area (Å²) >= 11 is 1.95. The molecule has 1 rings (SSSR count). The summed E-state index contributed by atoms with van der Waals surface area (Å²) in [5.74, 6) is 0. The average molecular weight is 252 g/mol. The number of hydrogen-bond acceptors (Lipinski definition) is 3. The van der Waals surface area contributed by atoms with Crippen LogP contribution in [-0.2, 0) is 0 Å². The van der Waals surface area contributed by atoms with Crippen molar-refractivity contribution in [3.05, 3.63) is 23.8 Å². The van der Waals surface area contributed by atoms with Crippen molar-refractivity contribution in [2.75, 3.05) is 23.9 Å². The van der Waals surface area contributed by atoms with Gasteiger partial charge in [-0.1, -0.05) is 19.9 Å². The summed E-state index contributed by atoms with van der Waals surface area (Å²) in [7, 11) is 0. The summed E-state index contributed by atoms with van der Waals surface area (Å²) in [6, 6.07) is 6.03. The van der Waals surface area contributed by atoms with Gasteiger partial charge >= 0.3 is 0 Å². The van der Waals surface area contributed by atoms with E-state index in [1.807, 2.05) is 23.9 Å². The normalized spacial score (nSPS) is 11.5. The molecule has 0 aliphatic heterocycles. The fourth-order valence-electron chi connectivity index (χ4n) is 1.95. The number of rotatable bonds is 6. The van der Waals surface area contributed by atoms with Crippen LogP contribution in [0.25, 0.3) is 0 Å². The number of aryl methyl sites for hydroxylation is 1. The zero-order chi connectivity index (χ0) is 12.9. The number of anilines is 2. The summed E-state index contributed by atoms with van der Waals surface area (Å²) in [6.45, 7) is 7.62. The maximum atomic E-state index is 5.82. The fraction of sp³-hybridized carbons (Fsp3) is 0.571. The summed E-state index contributed by atoms with van der Waals surface area (Å²) in [6.07, 6.45) is 4.55. The van der Waals surface area contributed by atoms with Gasteiger partial charge in [0.15, 0.2) is 0 Å². The lowest BCUT2D eigenvalue weighted by atomic mass is 10.0. The van der Waals surface area contributed by atoms with Gasteiger partial charge in [0, 0.05) is 22.7 Å². The molecule has 0 heterocycles. The second kappa shape index (κ2) is 6.20. The van der Waals surface area contributed by atoms with Gasteiger partial charge in [0.2, 0.25) is 0 Å². The van der Waals surface area contributed by atoms with E-state index >= 15 is 0 Å². The topological polar surface area (TPSA) is 38.0 Å². The SMILES string of the molecule is CCC(CC)(CNc1cc(N)ccc1C)SC. The second-order valence-electron chi connectivity index (χ2n) is 4.52. The van der Waals surface area contributed by atoms with E-state index in [2.05, 4.69) is 38.4 Å². The number of hydrogen-bond donors (Lipinski definition) is 2. The molecule has 3 heteroatoms. The molecule has 0 saturated heterocycles. The van der Waals surface area contributed by atoms with E-state index in [1.165, 1.54) is 18.4 Å². The Labute approximate surface area is 109 Å². The Bertz CT molecular complexity index is 351. The van der Waals surface area contributed by atoms with Crippen molar-refractivity contribution in [2.24, 2.45) is 0 Å². The predicted molar refractivity (Wildman–Crippen MR) is 80.9 cm³/mol. The summed E-state index contributed by atoms with van der Waals surface area (Å²) in [5, 5.41) is 3.55. The summed E-state index contributed by atoms with van der Waals surface area (Å²) in [5.41, 5.74) is 9.05. The van der Waals surface area contributed by atoms with Crippen molar-refractivity contribution in [1.29, 1.82) is 0 Å². The molecule has 0 unspecified atom stereocenters. The molecule has 0 fully saturated rings. The van der Waals surface area contributed by atoms with Gasteiger partial charge < -0.3 is 11.1 Å². The van der Waals surface area contributed by atoms with Crippen LogP contribution >= 0.6 is 11.8 Å². The predicted octanol–water partition coefficient (Wildman–Crippen LogP) is 3.91. The number of benzene rings is 1. The Kier molecular flexibility index (Phi) is 5.19. The first-order valence-electron chi connectivity index (χ1n) is 6.22. The van der Waals surface area contributed by atoms with E-state index in [9.17, 15) is 0 Å². The first-order chi connectivity index (χ1) is 8.06. The van der Waals surface area contributed by atoms with Crippen molar-refractivity contribution in [2.45, 2.75) is 38.4 Å². The fourth-order valence-corrected chi connectivity index (χ4v) is 2.74. The van der Waals surface area contributed by atoms with E-state index in [-0.39, 0.29) is 0 Å². The molecule has 0 spiro atoms. The van der Waals surface area contributed by atoms with Gasteiger partial charge in [-0.25, -0.2) is 0 Å². The van der Waals surface area contributed by atoms with Gasteiger partial charge in [0.1, 0.15) is 0 Å². The van der Waals surface area contributed by atoms with E-state index < -0.39 is 0 Å². The van der Waals surface area contributed by atoms with Gasteiger partial charge in [-0.2, -0.15) is 11.8 Å². The van der Waals surface area contributed by atoms with Gasteiger partial charge in [-0.05, 0) is 43.7 Å². The van der Waals surface area contributed by atoms with Crippen LogP contribution in [0.15, 0.2) is 18.2 Å². The standard InChI is InChI=1S/C14H24N2S/c1-5-14(6-2,17-4)10-16-13-9-12(15)8-7-11(13)3/h7-9,16H,5-6,10,15H2,1-4H3. The molecule has 0 bridgehead atoms. The van der Waals surface area contributed by atoms with Crippen LogP contribution in [0, 0.1) is 6.92 Å². The van der Waals surface area contributed by atoms with Crippen LogP contribution < -0.4 is 11.1 Å². The molecule has 0 aliphatic carbocycles. The summed E-state index contributed by atoms with van der Waals surface area (Å²) < 4.78 is 0.330. The third kappa shape index (κ3) is 3.56. The Morgan fingerprint density at radius 2 is 1.94 bits per heavy atom. The molecule has 3 N–H and O–H groups in total. The minimum atomic E-state index is 0.330. The number of nitrogen functional groups attached to an aromatic ring is 1. The Morgan fingerprint density at radius 3 is 2.47 bits per heavy atom. The zero-order valence-electron chi connectivity index (χ0n) is 11.3. The van der Waals surface area contributed by atoms with Crippen LogP contribution in [-0.4, -0.2) is 17.5 Å². The molecule has 96 valence electrons. The van der Waals surface area contributed by atoms with Crippen molar-refractivity contribution >= 4 is 23.1 Å². The molecule has 0 saturated carbocycles. The van der Waals surface area contributed by atoms with Crippen LogP contribution in [0.5, 0.6) is 0 Å². The molecule has 1 aromatic rings. The molecule has 0 amide bonds. The minimum absolute atomic E-state index is 0.330. The number of nitrogens with one attached hydrogen (secondary N) is 1. The van der Waals surface area contributed by atoms with Crippen LogP contribution in [0.1, 0.15) is 32.3 Å². The van der Waals surface area contributed by atoms with Crippen LogP contribution in [0.2, 0.25) is 0 Å². The van der Waals surface area contributed by atoms with E-state index in [1.54, 1.807) is 0 Å². The Hall–Kier alpha value is -0.830. The maximum Gasteiger partial charge on any atom is 0.0391 e. The molecule has 17 heavy (non-hydrogen) atoms. The number of thioether (sulfide) groups is 1. The molecule has 1 aromatic carbocycles. The quantitative estimate of drug-likeness (QED) is 0.754. The molecule has 2 nitrogen and oxygen atoms in total. The van der Waals surface area contributed by atoms with Crippen LogP contribution in [0.4, 0.5) is 11.4 Å². The molecule has 0 radical (unpaired) electrons. The molecular weight excluding hydrogens is 228 g/mol. The highest BCUT2D eigenvalue weighted by atomic mass is 32.2. The summed E-state index contributed by atoms with van der Waals surface area (Å²) in [4.78, 5) is 0. The highest BCUT2D eigenvalue weighted by Crippen LogP contribution is 2.31. The van der Waals surface area contributed by atoms with E-state index in [0.717, 1.165) is 17.9 Å². The Balaban J connectivity index is 2.75. The monoisotopic (exact) mass is 252 g/mol. The van der Waals surface area contributed by atoms with Gasteiger partial charge in [0.05, 0.1) is 0 Å². The van der Waals surface area contributed by atoms with Crippen LogP contribution in [0.3, 0.4) is 0 Å². The lowest BCUT2D eigenvalue weighted by Gasteiger charge is -2.30. The average Bonchev–Trinajstić information content (AvgIpc) is 2.35. The van der Waals surface area contributed by atoms with Crippen molar-refractivity contribution in [3.63, 3.8) is 0 Å². The van der Waals surface area contributed by atoms with Gasteiger partial charge in [-0.3, -0.25) is 0 Å². The molecule has 0 aromatic heterocycles. The molecular formula is C14H24N2S. The third-order valence-electron chi connectivity index (χ3n) is 3.58. The minimum Gasteiger partial charge on any atom is -0.399 e. The van der Waals surface area contributed by atoms with Crippen molar-refractivity contribution in [1.82, 2.24) is 0 Å². The van der Waals surface area contributed by atoms with Crippen molar-refractivity contribution < 1.29 is 0 Å². The Morgan fingerprint density at radius 1 is 1.29 bits per heavy atom. The first-order valence-corrected chi connectivity index (χ1v) is 7.44. The lowest BCUT2D eigenvalue weighted by molar-refractivity contribution is 0.574. The van der Waals surface area contributed by atoms with Gasteiger partial charge in [-0.15, -0.1) is 0 Å². The second-order valence-corrected chi connectivity index (χ2v) is 5.80. The zero-order valence-corrected chi connectivity index (χ0v) is 12.2. The molecule has 0 aliphatic rings. The van der Waals surface area contributed by atoms with Crippen molar-refractivity contribution in [3.8, 4) is 0 Å². The molecule has 0 atom stereocenters. The highest BCUT2D eigenvalue weighted by molar-refractivity contribution is 8.00. The van der Waals surface area contributed by atoms with E-state index in [0.29, 0.717) is 4.75 Å². The maximum absolute atomic E-state index is 5.82. The van der Waals surface area contributed by atoms with Gasteiger partial charge in [0.25, 0.3) is 0 Å². The largest absolute Gasteiger partial charge is 0.399 e. The van der Waals surface area contributed by atoms with E-state index in [4.69, 9.17) is 5.73 Å². The highest BCUT2D eigenvalue weighted by Gasteiger charge is 2.24. The smallest absolute Gasteiger partial charge is 0.0391 e. The lowest BCUT2D eigenvalue weighted by Crippen LogP contribution is -2.32. The first kappa shape index (κ1) is 14.2.